The van der Waals surface area contributed by atoms with Crippen molar-refractivity contribution in [2.75, 3.05) is 0 Å². The molecule has 1 heterocycles. The molecule has 20 heavy (non-hydrogen) atoms. The largest absolute Gasteiger partial charge is 0.478 e. The monoisotopic (exact) mass is 291 g/mol. The summed E-state index contributed by atoms with van der Waals surface area (Å²) in [5, 5.41) is 13.0. The van der Waals surface area contributed by atoms with Crippen LogP contribution in [0.5, 0.6) is 0 Å². The third-order valence-corrected chi connectivity index (χ3v) is 3.22. The van der Waals surface area contributed by atoms with E-state index < -0.39 is 5.97 Å². The molecule has 0 radical (unpaired) electrons. The number of hydrogen-bond donors (Lipinski definition) is 2. The van der Waals surface area contributed by atoms with Crippen LogP contribution < -0.4 is 5.32 Å². The number of benzene rings is 1. The zero-order valence-electron chi connectivity index (χ0n) is 10.9. The highest BCUT2D eigenvalue weighted by Gasteiger charge is 2.12. The van der Waals surface area contributed by atoms with Crippen LogP contribution in [-0.2, 0) is 6.54 Å². The van der Waals surface area contributed by atoms with Crippen LogP contribution in [0.1, 0.15) is 34.6 Å². The van der Waals surface area contributed by atoms with Gasteiger partial charge in [-0.3, -0.25) is 0 Å². The predicted molar refractivity (Wildman–Crippen MR) is 75.7 cm³/mol. The molecule has 0 aliphatic rings. The van der Waals surface area contributed by atoms with Crippen molar-refractivity contribution in [2.45, 2.75) is 19.5 Å². The lowest BCUT2D eigenvalue weighted by molar-refractivity contribution is 0.0694. The zero-order chi connectivity index (χ0) is 14.5. The van der Waals surface area contributed by atoms with Gasteiger partial charge in [0.25, 0.3) is 0 Å². The van der Waals surface area contributed by atoms with Crippen LogP contribution in [-0.4, -0.2) is 21.0 Å². The Morgan fingerprint density at radius 1 is 1.40 bits per heavy atom. The maximum atomic E-state index is 11.1. The lowest BCUT2D eigenvalue weighted by Crippen LogP contribution is -2.20. The third kappa shape index (κ3) is 3.53. The Hall–Kier alpha value is -1.98. The summed E-state index contributed by atoms with van der Waals surface area (Å²) in [6.07, 6.45) is 2.65. The fourth-order valence-electron chi connectivity index (χ4n) is 1.79. The molecule has 1 atom stereocenters. The SMILES string of the molecule is C[C@H](NCc1ncncc1C(=O)O)c1ccc(Cl)cc1. The summed E-state index contributed by atoms with van der Waals surface area (Å²) in [4.78, 5) is 18.8. The molecule has 0 fully saturated rings. The molecule has 0 aliphatic heterocycles. The molecule has 1 aromatic heterocycles. The van der Waals surface area contributed by atoms with Crippen LogP contribution >= 0.6 is 11.6 Å². The Bertz CT molecular complexity index is 602. The molecule has 2 N–H and O–H groups in total. The van der Waals surface area contributed by atoms with Crippen molar-refractivity contribution in [1.29, 1.82) is 0 Å². The predicted octanol–water partition coefficient (Wildman–Crippen LogP) is 2.68. The lowest BCUT2D eigenvalue weighted by Gasteiger charge is -2.14. The number of carboxylic acid groups (broad SMARTS) is 1. The first-order chi connectivity index (χ1) is 9.58. The average Bonchev–Trinajstić information content (AvgIpc) is 2.45. The first-order valence-electron chi connectivity index (χ1n) is 6.09. The minimum absolute atomic E-state index is 0.0591. The summed E-state index contributed by atoms with van der Waals surface area (Å²) >= 11 is 5.84. The molecule has 0 saturated carbocycles. The van der Waals surface area contributed by atoms with Gasteiger partial charge < -0.3 is 10.4 Å². The number of carboxylic acids is 1. The zero-order valence-corrected chi connectivity index (χ0v) is 11.6. The number of nitrogens with zero attached hydrogens (tertiary/aromatic N) is 2. The Labute approximate surface area is 121 Å². The van der Waals surface area contributed by atoms with E-state index in [-0.39, 0.29) is 11.6 Å². The van der Waals surface area contributed by atoms with E-state index in [1.54, 1.807) is 0 Å². The molecule has 1 aromatic carbocycles. The van der Waals surface area contributed by atoms with Gasteiger partial charge in [0.15, 0.2) is 0 Å². The van der Waals surface area contributed by atoms with E-state index in [9.17, 15) is 4.79 Å². The summed E-state index contributed by atoms with van der Waals surface area (Å²) in [7, 11) is 0. The Morgan fingerprint density at radius 2 is 2.10 bits per heavy atom. The van der Waals surface area contributed by atoms with Gasteiger partial charge in [0, 0.05) is 23.8 Å². The Balaban J connectivity index is 2.05. The van der Waals surface area contributed by atoms with Crippen LogP contribution in [0.3, 0.4) is 0 Å². The second-order valence-electron chi connectivity index (χ2n) is 4.34. The van der Waals surface area contributed by atoms with Crippen molar-refractivity contribution >= 4 is 17.6 Å². The maximum absolute atomic E-state index is 11.1. The van der Waals surface area contributed by atoms with E-state index in [4.69, 9.17) is 16.7 Å². The van der Waals surface area contributed by atoms with Crippen LogP contribution in [0.4, 0.5) is 0 Å². The fraction of sp³-hybridized carbons (Fsp3) is 0.214. The number of aromatic nitrogens is 2. The van der Waals surface area contributed by atoms with Gasteiger partial charge in [0.1, 0.15) is 11.9 Å². The second-order valence-corrected chi connectivity index (χ2v) is 4.78. The molecule has 6 heteroatoms. The summed E-state index contributed by atoms with van der Waals surface area (Å²) < 4.78 is 0. The molecule has 0 spiro atoms. The van der Waals surface area contributed by atoms with E-state index in [0.717, 1.165) is 5.56 Å². The van der Waals surface area contributed by atoms with Crippen LogP contribution in [0, 0.1) is 0 Å². The van der Waals surface area contributed by atoms with Crippen molar-refractivity contribution < 1.29 is 9.90 Å². The summed E-state index contributed by atoms with van der Waals surface area (Å²) in [5.41, 5.74) is 1.65. The molecular formula is C14H14ClN3O2. The molecule has 104 valence electrons. The minimum Gasteiger partial charge on any atom is -0.478 e. The number of hydrogen-bond acceptors (Lipinski definition) is 4. The van der Waals surface area contributed by atoms with Gasteiger partial charge >= 0.3 is 5.97 Å². The number of carbonyl (C=O) groups is 1. The number of rotatable bonds is 5. The molecule has 0 aliphatic carbocycles. The minimum atomic E-state index is -1.03. The average molecular weight is 292 g/mol. The highest BCUT2D eigenvalue weighted by atomic mass is 35.5. The third-order valence-electron chi connectivity index (χ3n) is 2.97. The van der Waals surface area contributed by atoms with Gasteiger partial charge in [0.2, 0.25) is 0 Å². The van der Waals surface area contributed by atoms with Gasteiger partial charge in [-0.15, -0.1) is 0 Å². The smallest absolute Gasteiger partial charge is 0.339 e. The molecule has 0 saturated heterocycles. The van der Waals surface area contributed by atoms with Gasteiger partial charge in [-0.2, -0.15) is 0 Å². The fourth-order valence-corrected chi connectivity index (χ4v) is 1.92. The molecule has 5 nitrogen and oxygen atoms in total. The van der Waals surface area contributed by atoms with E-state index in [1.165, 1.54) is 12.5 Å². The summed E-state index contributed by atoms with van der Waals surface area (Å²) in [6.45, 7) is 2.35. The van der Waals surface area contributed by atoms with Gasteiger partial charge in [0.05, 0.1) is 5.69 Å². The molecular weight excluding hydrogens is 278 g/mol. The molecule has 2 aromatic rings. The second kappa shape index (κ2) is 6.45. The summed E-state index contributed by atoms with van der Waals surface area (Å²) in [6, 6.07) is 7.56. The van der Waals surface area contributed by atoms with Crippen LogP contribution in [0.25, 0.3) is 0 Å². The van der Waals surface area contributed by atoms with Crippen molar-refractivity contribution in [1.82, 2.24) is 15.3 Å². The van der Waals surface area contributed by atoms with Crippen molar-refractivity contribution in [3.63, 3.8) is 0 Å². The first kappa shape index (κ1) is 14.4. The summed E-state index contributed by atoms with van der Waals surface area (Å²) in [5.74, 6) is -1.03. The van der Waals surface area contributed by atoms with E-state index in [0.29, 0.717) is 17.3 Å². The van der Waals surface area contributed by atoms with Crippen molar-refractivity contribution in [3.05, 3.63) is 58.6 Å². The number of nitrogens with one attached hydrogen (secondary N) is 1. The first-order valence-corrected chi connectivity index (χ1v) is 6.46. The number of aromatic carboxylic acids is 1. The Morgan fingerprint density at radius 3 is 2.75 bits per heavy atom. The van der Waals surface area contributed by atoms with Crippen molar-refractivity contribution in [2.24, 2.45) is 0 Å². The maximum Gasteiger partial charge on any atom is 0.339 e. The van der Waals surface area contributed by atoms with Gasteiger partial charge in [-0.05, 0) is 24.6 Å². The Kier molecular flexibility index (Phi) is 4.65. The van der Waals surface area contributed by atoms with Crippen LogP contribution in [0.2, 0.25) is 5.02 Å². The van der Waals surface area contributed by atoms with Crippen molar-refractivity contribution in [3.8, 4) is 0 Å². The van der Waals surface area contributed by atoms with Gasteiger partial charge in [-0.25, -0.2) is 14.8 Å². The van der Waals surface area contributed by atoms with E-state index in [2.05, 4.69) is 15.3 Å². The molecule has 0 unspecified atom stereocenters. The normalized spacial score (nSPS) is 12.1. The van der Waals surface area contributed by atoms with Crippen LogP contribution in [0.15, 0.2) is 36.8 Å². The molecule has 0 amide bonds. The standard InChI is InChI=1S/C14H14ClN3O2/c1-9(10-2-4-11(15)5-3-10)17-7-13-12(14(19)20)6-16-8-18-13/h2-6,8-9,17H,7H2,1H3,(H,19,20)/t9-/m0/s1. The van der Waals surface area contributed by atoms with E-state index in [1.807, 2.05) is 31.2 Å². The molecule has 0 bridgehead atoms. The highest BCUT2D eigenvalue weighted by molar-refractivity contribution is 6.30. The quantitative estimate of drug-likeness (QED) is 0.886. The lowest BCUT2D eigenvalue weighted by atomic mass is 10.1. The molecule has 2 rings (SSSR count). The van der Waals surface area contributed by atoms with E-state index >= 15 is 0 Å². The highest BCUT2D eigenvalue weighted by Crippen LogP contribution is 2.16. The number of halogens is 1. The topological polar surface area (TPSA) is 75.1 Å². The van der Waals surface area contributed by atoms with Gasteiger partial charge in [-0.1, -0.05) is 23.7 Å².